The molecule has 0 radical (unpaired) electrons. The molecule has 0 aromatic rings. The topological polar surface area (TPSA) is 308 Å². The molecule has 0 aromatic heterocycles. The normalized spacial score (nSPS) is 20.7. The summed E-state index contributed by atoms with van der Waals surface area (Å²) in [6.45, 7) is 1.19. The van der Waals surface area contributed by atoms with Gasteiger partial charge in [0.25, 0.3) is 6.47 Å². The quantitative estimate of drug-likeness (QED) is 0.0246. The molecule has 2 heterocycles. The number of carbonyl (C=O) groups excluding carboxylic acids is 4. The van der Waals surface area contributed by atoms with Crippen LogP contribution in [0.4, 0.5) is 156 Å². The minimum Gasteiger partial charge on any atom is -1.00 e. The number of hydrogen-bond acceptors (Lipinski definition) is 21. The molecule has 89 heavy (non-hydrogen) atoms. The molecule has 0 N–H and O–H groups in total. The molecule has 6 unspecified atom stereocenters. The minimum atomic E-state index is -7.22. The van der Waals surface area contributed by atoms with Gasteiger partial charge < -0.3 is 30.5 Å². The van der Waals surface area contributed by atoms with Gasteiger partial charge >= 0.3 is 214 Å². The molecule has 2 rings (SSSR count). The molecule has 526 valence electrons. The van der Waals surface area contributed by atoms with Crippen LogP contribution in [0.1, 0.15) is 16.7 Å². The van der Waals surface area contributed by atoms with Crippen molar-refractivity contribution in [1.29, 1.82) is 0 Å². The van der Waals surface area contributed by atoms with Crippen LogP contribution in [0.15, 0.2) is 12.1 Å². The molecule has 63 heteroatoms. The Morgan fingerprint density at radius 3 is 0.865 bits per heavy atom. The van der Waals surface area contributed by atoms with Gasteiger partial charge in [0.2, 0.25) is 0 Å². The molecule has 2 saturated heterocycles. The summed E-state index contributed by atoms with van der Waals surface area (Å²) in [5.74, 6) is -41.1. The van der Waals surface area contributed by atoms with Gasteiger partial charge in [-0.1, -0.05) is 0 Å². The maximum atomic E-state index is 13.4. The van der Waals surface area contributed by atoms with E-state index in [0.717, 1.165) is 0 Å². The molecule has 2 aliphatic heterocycles. The molecule has 0 aliphatic carbocycles. The fraction of sp³-hybridized carbons (Fsp3) is 0.769. The van der Waals surface area contributed by atoms with E-state index in [1.807, 2.05) is 0 Å². The zero-order valence-corrected chi connectivity index (χ0v) is 48.0. The van der Waals surface area contributed by atoms with Crippen LogP contribution >= 0.6 is 0 Å². The Labute approximate surface area is 511 Å². The van der Waals surface area contributed by atoms with Crippen LogP contribution in [-0.2, 0) is 98.1 Å². The molecule has 0 aromatic carbocycles. The summed E-state index contributed by atoms with van der Waals surface area (Å²) in [4.78, 5) is 39.9. The fourth-order valence-electron chi connectivity index (χ4n) is 2.60. The summed E-state index contributed by atoms with van der Waals surface area (Å²) in [5.41, 5.74) is 0. The summed E-state index contributed by atoms with van der Waals surface area (Å²) >= 11 is 0. The Kier molecular flexibility index (Phi) is 38.0. The van der Waals surface area contributed by atoms with Crippen LogP contribution in [0, 0.1) is 0 Å². The summed E-state index contributed by atoms with van der Waals surface area (Å²) < 4.78 is 528. The summed E-state index contributed by atoms with van der Waals surface area (Å²) in [6, 6.07) is -13.9. The predicted molar refractivity (Wildman–Crippen MR) is 185 cm³/mol. The zero-order chi connectivity index (χ0) is 72.1. The number of ether oxygens (including phenoxy) is 7. The average molecular weight is 1530 g/mol. The third-order valence-electron chi connectivity index (χ3n) is 6.46. The van der Waals surface area contributed by atoms with Crippen LogP contribution in [0.3, 0.4) is 0 Å². The van der Waals surface area contributed by atoms with E-state index in [2.05, 4.69) is 33.3 Å². The maximum absolute atomic E-state index is 13.4. The average Bonchev–Trinajstić information content (AvgIpc) is 3.94. The standard InChI is InChI=1S/C7H2F12O5S.C6H2F10O4S.C4H2F6O4S.2C3H3F3O.C2H2F2O3S.CH2O3.2Na.H2.H/c8-2(20)3(9,5(11,12)13)24-7(17,18)4(10,6(14,15)16)23-1-25(19,21)22;7-2(8)3(9)20-6(14,15)4(10,5(11,12)13)19-1-21(16,17)18;5-2(11)3(6,4(7,8)9)14-1-15(10,12)13;2*1-2(4)3(5,6)7-2;3-2(5)1-8(4,6)7;2-1-4-3;;;;/h1H2;1H2;1H2;2*1H3;1H2;1,3H;;;1H;/q;;;;;;;2*+1;;-1/p-1/i;;;;;;;;;1+1;. The van der Waals surface area contributed by atoms with Crippen molar-refractivity contribution in [2.45, 2.75) is 98.1 Å². The fourth-order valence-corrected chi connectivity index (χ4v) is 3.78. The van der Waals surface area contributed by atoms with Crippen molar-refractivity contribution in [2.24, 2.45) is 0 Å². The Bertz CT molecular complexity index is 2780. The van der Waals surface area contributed by atoms with Crippen LogP contribution < -0.4 is 64.4 Å². The minimum absolute atomic E-state index is 0. The van der Waals surface area contributed by atoms with E-state index in [1.54, 1.807) is 4.74 Å². The van der Waals surface area contributed by atoms with Crippen molar-refractivity contribution < 1.29 is 314 Å². The number of halogens is 36. The van der Waals surface area contributed by atoms with Gasteiger partial charge in [0.1, 0.15) is 0 Å². The second kappa shape index (κ2) is 33.9. The van der Waals surface area contributed by atoms with E-state index < -0.39 is 179 Å². The Morgan fingerprint density at radius 2 is 0.719 bits per heavy atom. The van der Waals surface area contributed by atoms with Crippen LogP contribution in [-0.4, -0.2) is 166 Å². The summed E-state index contributed by atoms with van der Waals surface area (Å²) in [6.07, 6.45) is -51.6. The smallest absolute Gasteiger partial charge is 1.00 e. The van der Waals surface area contributed by atoms with Gasteiger partial charge in [0, 0.05) is 15.3 Å². The molecular formula is C26H18F36Na2O21S4. The molecule has 21 nitrogen and oxygen atoms in total. The zero-order valence-electron chi connectivity index (χ0n) is 41.7. The summed E-state index contributed by atoms with van der Waals surface area (Å²) in [5, 5.41) is 8.43. The van der Waals surface area contributed by atoms with E-state index in [1.165, 1.54) is 0 Å². The van der Waals surface area contributed by atoms with Crippen molar-refractivity contribution in [1.82, 2.24) is 0 Å². The molecule has 0 amide bonds. The van der Waals surface area contributed by atoms with E-state index in [0.29, 0.717) is 13.8 Å². The Hall–Kier alpha value is -2.98. The van der Waals surface area contributed by atoms with E-state index in [9.17, 15) is 204 Å². The van der Waals surface area contributed by atoms with Gasteiger partial charge in [-0.05, 0) is 0 Å². The van der Waals surface area contributed by atoms with Crippen LogP contribution in [0.2, 0.25) is 0 Å². The van der Waals surface area contributed by atoms with Gasteiger partial charge in [-0.2, -0.15) is 165 Å². The predicted octanol–water partition coefficient (Wildman–Crippen LogP) is 2.11. The van der Waals surface area contributed by atoms with Gasteiger partial charge in [0.05, 0.1) is 0 Å². The second-order valence-electron chi connectivity index (χ2n) is 13.4. The molecule has 0 bridgehead atoms. The number of carbonyl (C=O) groups is 4. The van der Waals surface area contributed by atoms with Crippen molar-refractivity contribution in [3.63, 3.8) is 0 Å². The number of rotatable bonds is 20. The molecule has 6 atom stereocenters. The van der Waals surface area contributed by atoms with Gasteiger partial charge in [-0.25, -0.2) is 8.78 Å². The number of hydrogen-bond donors (Lipinski definition) is 0. The molecule has 2 aliphatic rings. The van der Waals surface area contributed by atoms with E-state index in [-0.39, 0.29) is 68.4 Å². The monoisotopic (exact) mass is 1520 g/mol. The largest absolute Gasteiger partial charge is 1.00 e. The molecular weight excluding hydrogens is 1510 g/mol. The van der Waals surface area contributed by atoms with Crippen molar-refractivity contribution >= 4 is 65.5 Å². The van der Waals surface area contributed by atoms with Gasteiger partial charge in [0.15, 0.2) is 23.6 Å². The number of alkyl halides is 26. The molecule has 2 fully saturated rings. The van der Waals surface area contributed by atoms with Crippen LogP contribution in [0.25, 0.3) is 0 Å². The first-order chi connectivity index (χ1) is 37.3. The first-order valence-corrected chi connectivity index (χ1v) is 23.8. The van der Waals surface area contributed by atoms with E-state index >= 15 is 0 Å². The van der Waals surface area contributed by atoms with Crippen LogP contribution in [0.5, 0.6) is 0 Å². The Balaban J connectivity index is -0.000000131. The van der Waals surface area contributed by atoms with Crippen molar-refractivity contribution in [2.75, 3.05) is 23.6 Å². The first kappa shape index (κ1) is 99.6. The Morgan fingerprint density at radius 1 is 0.483 bits per heavy atom. The summed E-state index contributed by atoms with van der Waals surface area (Å²) in [7, 11) is -22.9. The van der Waals surface area contributed by atoms with Gasteiger partial charge in [-0.15, -0.1) is 15.5 Å². The van der Waals surface area contributed by atoms with E-state index in [4.69, 9.17) is 10.1 Å². The molecule has 0 spiro atoms. The number of epoxide rings is 2. The first-order valence-electron chi connectivity index (χ1n) is 17.6. The molecule has 0 saturated carbocycles. The SMILES string of the molecule is CC1(F)OC1(F)F.CC1(F)OC1(F)F.O=C(F)C(F)(OC(F)(F)C(F)(OCS(=O)(=O)F)C(F)(F)F)C(F)(F)F.O=C(F)C(F)(OCS(=O)(=O)F)C(F)(F)F.O=C(F)CS(=O)(=O)F.O=CO[O-].O=S(=O)(F)COC(F)(C(F)(F)F)C(F)(F)OC(F)=C(F)F.[2HH].[H-].[Na+].[Na+]. The third-order valence-corrected chi connectivity index (χ3v) is 8.23. The van der Waals surface area contributed by atoms with Crippen molar-refractivity contribution in [3.8, 4) is 0 Å². The third kappa shape index (κ3) is 34.1. The second-order valence-corrected chi connectivity index (χ2v) is 18.7. The van der Waals surface area contributed by atoms with Gasteiger partial charge in [-0.3, -0.25) is 33.4 Å². The maximum Gasteiger partial charge on any atom is 1.00 e. The van der Waals surface area contributed by atoms with Crippen molar-refractivity contribution in [3.05, 3.63) is 12.1 Å².